The minimum absolute atomic E-state index is 0.0325. The summed E-state index contributed by atoms with van der Waals surface area (Å²) in [5.41, 5.74) is 11.0. The first-order valence-corrected chi connectivity index (χ1v) is 17.3. The van der Waals surface area contributed by atoms with Gasteiger partial charge in [0.15, 0.2) is 6.29 Å². The zero-order chi connectivity index (χ0) is 34.6. The number of nitrogen functional groups attached to an aromatic ring is 1. The first kappa shape index (κ1) is 35.6. The molecule has 0 aliphatic carbocycles. The van der Waals surface area contributed by atoms with Crippen molar-refractivity contribution in [3.63, 3.8) is 0 Å². The highest BCUT2D eigenvalue weighted by molar-refractivity contribution is 7.99. The lowest BCUT2D eigenvalue weighted by molar-refractivity contribution is -0.245. The quantitative estimate of drug-likeness (QED) is 0.0532. The van der Waals surface area contributed by atoms with Gasteiger partial charge >= 0.3 is 0 Å². The van der Waals surface area contributed by atoms with Gasteiger partial charge in [-0.15, -0.1) is 11.8 Å². The van der Waals surface area contributed by atoms with Gasteiger partial charge in [0.25, 0.3) is 0 Å². The minimum atomic E-state index is -0.668. The molecular formula is C38H42N4O6S. The fourth-order valence-corrected chi connectivity index (χ4v) is 6.35. The Bertz CT molecular complexity index is 1720. The normalized spacial score (nSPS) is 17.2. The fraction of sp³-hybridized carbons (Fsp3) is 0.289. The Balaban J connectivity index is 1.18. The van der Waals surface area contributed by atoms with E-state index < -0.39 is 6.29 Å². The number of para-hydroxylation sites is 2. The predicted molar refractivity (Wildman–Crippen MR) is 193 cm³/mol. The molecule has 0 radical (unpaired) electrons. The third kappa shape index (κ3) is 10.9. The number of anilines is 4. The van der Waals surface area contributed by atoms with Gasteiger partial charge in [-0.05, 0) is 72.5 Å². The van der Waals surface area contributed by atoms with Crippen LogP contribution < -0.4 is 21.7 Å². The molecule has 3 atom stereocenters. The van der Waals surface area contributed by atoms with Crippen molar-refractivity contribution in [1.82, 2.24) is 0 Å². The van der Waals surface area contributed by atoms with Gasteiger partial charge in [-0.25, -0.2) is 0 Å². The largest absolute Gasteiger partial charge is 0.397 e. The first-order chi connectivity index (χ1) is 23.7. The second kappa shape index (κ2) is 17.6. The summed E-state index contributed by atoms with van der Waals surface area (Å²) in [6, 6.07) is 30.0. The lowest BCUT2D eigenvalue weighted by atomic mass is 10.0. The summed E-state index contributed by atoms with van der Waals surface area (Å²) >= 11 is 1.66. The summed E-state index contributed by atoms with van der Waals surface area (Å²) in [5, 5.41) is 18.1. The topological polar surface area (TPSA) is 152 Å². The summed E-state index contributed by atoms with van der Waals surface area (Å²) < 4.78 is 13.0. The van der Waals surface area contributed by atoms with Crippen LogP contribution in [-0.2, 0) is 30.5 Å². The molecular weight excluding hydrogens is 641 g/mol. The highest BCUT2D eigenvalue weighted by atomic mass is 32.2. The maximum Gasteiger partial charge on any atom is 0.224 e. The number of benzene rings is 4. The summed E-state index contributed by atoms with van der Waals surface area (Å²) in [4.78, 5) is 37.5. The van der Waals surface area contributed by atoms with Gasteiger partial charge in [0.2, 0.25) is 17.7 Å². The van der Waals surface area contributed by atoms with E-state index >= 15 is 0 Å². The molecule has 1 aliphatic heterocycles. The summed E-state index contributed by atoms with van der Waals surface area (Å²) in [6.45, 7) is 1.45. The van der Waals surface area contributed by atoms with Crippen LogP contribution in [0.5, 0.6) is 0 Å². The molecule has 49 heavy (non-hydrogen) atoms. The maximum atomic E-state index is 12.8. The number of ether oxygens (including phenoxy) is 2. The molecule has 256 valence electrons. The third-order valence-electron chi connectivity index (χ3n) is 7.96. The van der Waals surface area contributed by atoms with Gasteiger partial charge in [0.1, 0.15) is 0 Å². The van der Waals surface area contributed by atoms with E-state index in [2.05, 4.69) is 16.0 Å². The molecule has 6 N–H and O–H groups in total. The average molecular weight is 683 g/mol. The van der Waals surface area contributed by atoms with E-state index in [1.165, 1.54) is 6.92 Å². The number of nitrogens with one attached hydrogen (secondary N) is 3. The van der Waals surface area contributed by atoms with Gasteiger partial charge in [-0.1, -0.05) is 48.5 Å². The van der Waals surface area contributed by atoms with Crippen molar-refractivity contribution in [1.29, 1.82) is 0 Å². The molecule has 1 saturated heterocycles. The van der Waals surface area contributed by atoms with Crippen LogP contribution >= 0.6 is 11.8 Å². The third-order valence-corrected chi connectivity index (χ3v) is 9.10. The van der Waals surface area contributed by atoms with E-state index in [0.29, 0.717) is 48.5 Å². The lowest BCUT2D eigenvalue weighted by Gasteiger charge is -2.36. The van der Waals surface area contributed by atoms with Crippen LogP contribution in [-0.4, -0.2) is 34.7 Å². The van der Waals surface area contributed by atoms with Crippen molar-refractivity contribution < 1.29 is 29.0 Å². The highest BCUT2D eigenvalue weighted by Crippen LogP contribution is 2.40. The average Bonchev–Trinajstić information content (AvgIpc) is 3.10. The number of nitrogens with two attached hydrogens (primary N) is 1. The van der Waals surface area contributed by atoms with Crippen LogP contribution in [0.2, 0.25) is 0 Å². The second-order valence-electron chi connectivity index (χ2n) is 11.9. The number of aliphatic hydroxyl groups is 1. The van der Waals surface area contributed by atoms with E-state index in [4.69, 9.17) is 15.2 Å². The van der Waals surface area contributed by atoms with Crippen LogP contribution in [0.3, 0.4) is 0 Å². The summed E-state index contributed by atoms with van der Waals surface area (Å²) in [7, 11) is 0. The van der Waals surface area contributed by atoms with Gasteiger partial charge < -0.3 is 36.3 Å². The standard InChI is InChI=1S/C38H42N4O6S/c1-25(44)40-29-17-19-32(20-18-29)49-24-31-22-35(27-15-13-26(23-43)14-16-27)48-38(47-31)28-7-6-8-30(21-28)41-36(45)11-4-5-12-37(46)42-34-10-3-2-9-33(34)39/h2-3,6-10,13-21,31,35,38,43H,4-5,11-12,22-24,39H2,1H3,(H,40,44)(H,41,45)(H,42,46)/t31-,35+,38+/m0/s1. The Morgan fingerprint density at radius 2 is 1.51 bits per heavy atom. The van der Waals surface area contributed by atoms with Crippen LogP contribution in [0.4, 0.5) is 22.7 Å². The molecule has 4 aromatic rings. The molecule has 3 amide bonds. The molecule has 1 fully saturated rings. The molecule has 0 bridgehead atoms. The number of rotatable bonds is 14. The molecule has 5 rings (SSSR count). The van der Waals surface area contributed by atoms with Crippen molar-refractivity contribution in [2.24, 2.45) is 0 Å². The van der Waals surface area contributed by atoms with E-state index in [9.17, 15) is 19.5 Å². The number of hydrogen-bond donors (Lipinski definition) is 5. The van der Waals surface area contributed by atoms with Gasteiger partial charge in [-0.2, -0.15) is 0 Å². The number of hydrogen-bond acceptors (Lipinski definition) is 8. The molecule has 0 saturated carbocycles. The minimum Gasteiger partial charge on any atom is -0.397 e. The van der Waals surface area contributed by atoms with Crippen molar-refractivity contribution >= 4 is 52.2 Å². The molecule has 0 unspecified atom stereocenters. The Kier molecular flexibility index (Phi) is 12.8. The number of amides is 3. The van der Waals surface area contributed by atoms with Crippen LogP contribution in [0.1, 0.15) is 68.1 Å². The highest BCUT2D eigenvalue weighted by Gasteiger charge is 2.32. The van der Waals surface area contributed by atoms with Gasteiger partial charge in [0.05, 0.1) is 30.2 Å². The maximum absolute atomic E-state index is 12.8. The molecule has 4 aromatic carbocycles. The summed E-state index contributed by atoms with van der Waals surface area (Å²) in [6.07, 6.45) is 1.27. The number of unbranched alkanes of at least 4 members (excludes halogenated alkanes) is 1. The molecule has 0 aromatic heterocycles. The smallest absolute Gasteiger partial charge is 0.224 e. The molecule has 1 aliphatic rings. The Morgan fingerprint density at radius 3 is 2.20 bits per heavy atom. The molecule has 1 heterocycles. The number of carbonyl (C=O) groups excluding carboxylic acids is 3. The Morgan fingerprint density at radius 1 is 0.796 bits per heavy atom. The van der Waals surface area contributed by atoms with Gasteiger partial charge in [0, 0.05) is 53.8 Å². The zero-order valence-electron chi connectivity index (χ0n) is 27.4. The fourth-order valence-electron chi connectivity index (χ4n) is 5.43. The van der Waals surface area contributed by atoms with E-state index in [-0.39, 0.29) is 43.0 Å². The van der Waals surface area contributed by atoms with E-state index in [1.807, 2.05) is 78.9 Å². The van der Waals surface area contributed by atoms with E-state index in [0.717, 1.165) is 27.3 Å². The van der Waals surface area contributed by atoms with Crippen LogP contribution in [0, 0.1) is 0 Å². The lowest BCUT2D eigenvalue weighted by Crippen LogP contribution is -2.31. The van der Waals surface area contributed by atoms with Crippen molar-refractivity contribution in [2.45, 2.75) is 69.0 Å². The monoisotopic (exact) mass is 682 g/mol. The Labute approximate surface area is 290 Å². The molecule has 0 spiro atoms. The van der Waals surface area contributed by atoms with Crippen molar-refractivity contribution in [2.75, 3.05) is 27.4 Å². The summed E-state index contributed by atoms with van der Waals surface area (Å²) in [5.74, 6) is 0.280. The van der Waals surface area contributed by atoms with E-state index in [1.54, 1.807) is 30.0 Å². The van der Waals surface area contributed by atoms with Crippen LogP contribution in [0.15, 0.2) is 102 Å². The number of aliphatic hydroxyl groups excluding tert-OH is 1. The van der Waals surface area contributed by atoms with Crippen molar-refractivity contribution in [3.8, 4) is 0 Å². The molecule has 11 heteroatoms. The Hall–Kier alpha value is -4.68. The second-order valence-corrected chi connectivity index (χ2v) is 13.0. The van der Waals surface area contributed by atoms with Gasteiger partial charge in [-0.3, -0.25) is 14.4 Å². The SMILES string of the molecule is CC(=O)Nc1ccc(SC[C@@H]2C[C@H](c3ccc(CO)cc3)O[C@H](c3cccc(NC(=O)CCCCC(=O)Nc4ccccc4N)c3)O2)cc1. The predicted octanol–water partition coefficient (Wildman–Crippen LogP) is 7.19. The number of carbonyl (C=O) groups is 3. The number of thioether (sulfide) groups is 1. The van der Waals surface area contributed by atoms with Crippen LogP contribution in [0.25, 0.3) is 0 Å². The molecule has 10 nitrogen and oxygen atoms in total. The first-order valence-electron chi connectivity index (χ1n) is 16.3. The van der Waals surface area contributed by atoms with Crippen molar-refractivity contribution in [3.05, 3.63) is 114 Å². The zero-order valence-corrected chi connectivity index (χ0v) is 28.2.